The zero-order chi connectivity index (χ0) is 37.2. The van der Waals surface area contributed by atoms with Crippen molar-refractivity contribution in [1.82, 2.24) is 4.57 Å². The molecule has 1 aromatic heterocycles. The Morgan fingerprint density at radius 3 is 1.78 bits per heavy atom. The van der Waals surface area contributed by atoms with Gasteiger partial charge in [0, 0.05) is 43.6 Å². The lowest BCUT2D eigenvalue weighted by molar-refractivity contribution is -0.116. The maximum atomic E-state index is 15.4. The van der Waals surface area contributed by atoms with Crippen LogP contribution in [-0.2, 0) is 16.6 Å². The number of fused-ring (bicyclic) bond motifs is 1. The number of rotatable bonds is 6. The van der Waals surface area contributed by atoms with Crippen molar-refractivity contribution in [2.45, 2.75) is 6.92 Å². The minimum Gasteiger partial charge on any atom is -0.507 e. The minimum atomic E-state index is -1.04. The summed E-state index contributed by atoms with van der Waals surface area (Å²) in [6.07, 6.45) is 0. The summed E-state index contributed by atoms with van der Waals surface area (Å²) in [7, 11) is 6.37. The first-order valence-corrected chi connectivity index (χ1v) is 15.1. The molecule has 262 valence electrons. The summed E-state index contributed by atoms with van der Waals surface area (Å²) in [5.74, 6) is -5.14. The molecule has 0 aliphatic rings. The van der Waals surface area contributed by atoms with Crippen LogP contribution in [0.2, 0.25) is 10.0 Å². The summed E-state index contributed by atoms with van der Waals surface area (Å²) in [5, 5.41) is 9.62. The second-order valence-corrected chi connectivity index (χ2v) is 11.3. The van der Waals surface area contributed by atoms with E-state index in [2.05, 4.69) is 4.74 Å². The largest absolute Gasteiger partial charge is 0.507 e. The van der Waals surface area contributed by atoms with Gasteiger partial charge in [-0.25, -0.2) is 22.4 Å². The first kappa shape index (κ1) is 37.5. The normalized spacial score (nSPS) is 10.7. The SMILES string of the molecule is COC(=O)c1cc(Cl)c(-c2c(F)cccc2OC)c(F)c1N(C)C(C)=O.COc1cccc(F)c1-c1c(Cl)cc2c(O)cc(=O)n(C)c2c1F. The highest BCUT2D eigenvalue weighted by Crippen LogP contribution is 2.44. The lowest BCUT2D eigenvalue weighted by Gasteiger charge is -2.22. The molecule has 0 atom stereocenters. The fourth-order valence-electron chi connectivity index (χ4n) is 5.19. The Bertz CT molecular complexity index is 2230. The fourth-order valence-corrected chi connectivity index (χ4v) is 5.76. The number of carbonyl (C=O) groups is 2. The van der Waals surface area contributed by atoms with Gasteiger partial charge in [0.1, 0.15) is 28.9 Å². The standard InChI is InChI=1S/C18H16ClF2NO4.C17H12ClF2NO3/c1-9(23)22(2)17-10(18(24)26-4)8-11(19)14(16(17)21)15-12(20)6-5-7-13(15)25-3;1-21-13(23)7-11(22)8-6-9(18)14(16(20)17(8)21)15-10(19)4-3-5-12(15)24-2/h5-8H,1-4H3;3-7,22H,1-2H3. The van der Waals surface area contributed by atoms with Gasteiger partial charge in [0.2, 0.25) is 5.91 Å². The van der Waals surface area contributed by atoms with Crippen LogP contribution in [0.25, 0.3) is 33.2 Å². The van der Waals surface area contributed by atoms with Crippen LogP contribution in [-0.4, -0.2) is 49.9 Å². The summed E-state index contributed by atoms with van der Waals surface area (Å²) in [5.41, 5.74) is -2.33. The van der Waals surface area contributed by atoms with E-state index in [-0.39, 0.29) is 66.0 Å². The van der Waals surface area contributed by atoms with Crippen LogP contribution < -0.4 is 19.9 Å². The van der Waals surface area contributed by atoms with Crippen molar-refractivity contribution in [3.8, 4) is 39.5 Å². The molecule has 15 heteroatoms. The molecule has 1 N–H and O–H groups in total. The van der Waals surface area contributed by atoms with Crippen LogP contribution in [0.5, 0.6) is 17.2 Å². The van der Waals surface area contributed by atoms with E-state index in [9.17, 15) is 28.3 Å². The van der Waals surface area contributed by atoms with Crippen molar-refractivity contribution >= 4 is 51.7 Å². The van der Waals surface area contributed by atoms with Crippen molar-refractivity contribution < 1.29 is 46.5 Å². The van der Waals surface area contributed by atoms with E-state index < -0.39 is 46.5 Å². The van der Waals surface area contributed by atoms with Gasteiger partial charge in [0.05, 0.1) is 59.3 Å². The van der Waals surface area contributed by atoms with E-state index >= 15 is 8.78 Å². The molecule has 5 rings (SSSR count). The fraction of sp³-hybridized carbons (Fsp3) is 0.171. The number of aryl methyl sites for hydroxylation is 1. The lowest BCUT2D eigenvalue weighted by Crippen LogP contribution is -2.27. The van der Waals surface area contributed by atoms with Gasteiger partial charge in [-0.05, 0) is 36.4 Å². The predicted octanol–water partition coefficient (Wildman–Crippen LogP) is 7.91. The topological polar surface area (TPSA) is 107 Å². The molecule has 1 heterocycles. The van der Waals surface area contributed by atoms with Crippen molar-refractivity contribution in [3.05, 3.63) is 104 Å². The Morgan fingerprint density at radius 2 is 1.30 bits per heavy atom. The molecule has 0 fully saturated rings. The predicted molar refractivity (Wildman–Crippen MR) is 182 cm³/mol. The molecule has 9 nitrogen and oxygen atoms in total. The van der Waals surface area contributed by atoms with E-state index in [1.165, 1.54) is 65.6 Å². The Kier molecular flexibility index (Phi) is 11.3. The Morgan fingerprint density at radius 1 is 0.800 bits per heavy atom. The molecule has 0 spiro atoms. The van der Waals surface area contributed by atoms with Crippen LogP contribution in [0.4, 0.5) is 23.2 Å². The number of halogens is 6. The third-order valence-corrected chi connectivity index (χ3v) is 8.29. The van der Waals surface area contributed by atoms with Crippen molar-refractivity contribution in [1.29, 1.82) is 0 Å². The van der Waals surface area contributed by atoms with Crippen molar-refractivity contribution in [3.63, 3.8) is 0 Å². The first-order valence-electron chi connectivity index (χ1n) is 14.3. The molecule has 0 aliphatic carbocycles. The number of esters is 1. The summed E-state index contributed by atoms with van der Waals surface area (Å²) >= 11 is 12.3. The second kappa shape index (κ2) is 15.1. The highest BCUT2D eigenvalue weighted by Gasteiger charge is 2.29. The quantitative estimate of drug-likeness (QED) is 0.140. The smallest absolute Gasteiger partial charge is 0.340 e. The monoisotopic (exact) mass is 734 g/mol. The molecule has 5 aromatic rings. The molecule has 0 aliphatic heterocycles. The molecule has 1 amide bonds. The van der Waals surface area contributed by atoms with E-state index in [0.717, 1.165) is 40.8 Å². The number of aromatic hydroxyl groups is 1. The van der Waals surface area contributed by atoms with Crippen molar-refractivity contribution in [2.24, 2.45) is 7.05 Å². The average Bonchev–Trinajstić information content (AvgIpc) is 3.07. The van der Waals surface area contributed by atoms with Crippen molar-refractivity contribution in [2.75, 3.05) is 33.3 Å². The molecular formula is C35H28Cl2F4N2O7. The molecule has 4 aromatic carbocycles. The number of hydrogen-bond donors (Lipinski definition) is 1. The van der Waals surface area contributed by atoms with Gasteiger partial charge >= 0.3 is 5.97 Å². The number of amides is 1. The van der Waals surface area contributed by atoms with Gasteiger partial charge in [0.25, 0.3) is 5.56 Å². The Labute approximate surface area is 292 Å². The third kappa shape index (κ3) is 6.78. The highest BCUT2D eigenvalue weighted by atomic mass is 35.5. The second-order valence-electron chi connectivity index (χ2n) is 10.5. The van der Waals surface area contributed by atoms with Gasteiger partial charge in [0.15, 0.2) is 11.6 Å². The third-order valence-electron chi connectivity index (χ3n) is 7.69. The van der Waals surface area contributed by atoms with Crippen LogP contribution in [0.3, 0.4) is 0 Å². The summed E-state index contributed by atoms with van der Waals surface area (Å²) in [6, 6.07) is 11.4. The van der Waals surface area contributed by atoms with Crippen LogP contribution in [0, 0.1) is 23.3 Å². The molecule has 0 radical (unpaired) electrons. The number of carbonyl (C=O) groups excluding carboxylic acids is 2. The number of pyridine rings is 1. The maximum absolute atomic E-state index is 15.4. The zero-order valence-corrected chi connectivity index (χ0v) is 28.8. The minimum absolute atomic E-state index is 0.0491. The number of nitrogens with zero attached hydrogens (tertiary/aromatic N) is 2. The summed E-state index contributed by atoms with van der Waals surface area (Å²) < 4.78 is 75.1. The molecule has 0 unspecified atom stereocenters. The van der Waals surface area contributed by atoms with E-state index in [4.69, 9.17) is 32.7 Å². The number of anilines is 1. The van der Waals surface area contributed by atoms with E-state index in [1.54, 1.807) is 0 Å². The number of ether oxygens (including phenoxy) is 3. The molecular weight excluding hydrogens is 707 g/mol. The highest BCUT2D eigenvalue weighted by molar-refractivity contribution is 6.35. The van der Waals surface area contributed by atoms with Gasteiger partial charge in [-0.15, -0.1) is 0 Å². The van der Waals surface area contributed by atoms with Crippen LogP contribution in [0.1, 0.15) is 17.3 Å². The van der Waals surface area contributed by atoms with Gasteiger partial charge in [-0.3, -0.25) is 9.59 Å². The number of hydrogen-bond acceptors (Lipinski definition) is 7. The number of aromatic nitrogens is 1. The van der Waals surface area contributed by atoms with Gasteiger partial charge < -0.3 is 28.8 Å². The average molecular weight is 736 g/mol. The molecule has 0 bridgehead atoms. The Balaban J connectivity index is 0.000000225. The number of benzene rings is 4. The van der Waals surface area contributed by atoms with Gasteiger partial charge in [-0.1, -0.05) is 35.3 Å². The number of methoxy groups -OCH3 is 3. The zero-order valence-electron chi connectivity index (χ0n) is 27.3. The molecule has 0 saturated heterocycles. The van der Waals surface area contributed by atoms with E-state index in [0.29, 0.717) is 0 Å². The summed E-state index contributed by atoms with van der Waals surface area (Å²) in [4.78, 5) is 36.5. The lowest BCUT2D eigenvalue weighted by atomic mass is 9.99. The molecule has 50 heavy (non-hydrogen) atoms. The first-order chi connectivity index (χ1) is 23.6. The van der Waals surface area contributed by atoms with Gasteiger partial charge in [-0.2, -0.15) is 0 Å². The van der Waals surface area contributed by atoms with Crippen LogP contribution in [0.15, 0.2) is 59.4 Å². The molecule has 0 saturated carbocycles. The van der Waals surface area contributed by atoms with Crippen LogP contribution >= 0.6 is 23.2 Å². The maximum Gasteiger partial charge on any atom is 0.340 e. The van der Waals surface area contributed by atoms with E-state index in [1.807, 2.05) is 0 Å². The summed E-state index contributed by atoms with van der Waals surface area (Å²) in [6.45, 7) is 1.19. The Hall–Kier alpha value is -5.27.